The molecule has 28 heavy (non-hydrogen) atoms. The lowest BCUT2D eigenvalue weighted by atomic mass is 10.2. The molecule has 3 rings (SSSR count). The number of aromatic nitrogens is 3. The van der Waals surface area contributed by atoms with Crippen LogP contribution in [0.5, 0.6) is 0 Å². The Kier molecular flexibility index (Phi) is 5.70. The Balaban J connectivity index is 1.92. The highest BCUT2D eigenvalue weighted by Gasteiger charge is 2.23. The Morgan fingerprint density at radius 3 is 2.57 bits per heavy atom. The summed E-state index contributed by atoms with van der Waals surface area (Å²) in [6.45, 7) is 1.96. The van der Waals surface area contributed by atoms with Crippen LogP contribution in [0.3, 0.4) is 0 Å². The Hall–Kier alpha value is -4.08. The Labute approximate surface area is 159 Å². The molecule has 10 nitrogen and oxygen atoms in total. The lowest BCUT2D eigenvalue weighted by Crippen LogP contribution is -2.07. The molecule has 0 radical (unpaired) electrons. The number of anilines is 4. The Morgan fingerprint density at radius 2 is 1.89 bits per heavy atom. The molecule has 0 unspecified atom stereocenters. The zero-order valence-electron chi connectivity index (χ0n) is 14.8. The fourth-order valence-corrected chi connectivity index (χ4v) is 2.37. The minimum atomic E-state index is -0.594. The van der Waals surface area contributed by atoms with Gasteiger partial charge in [0.2, 0.25) is 11.6 Å². The minimum absolute atomic E-state index is 0.0113. The van der Waals surface area contributed by atoms with E-state index in [4.69, 9.17) is 4.74 Å². The van der Waals surface area contributed by atoms with Crippen LogP contribution in [-0.4, -0.2) is 32.5 Å². The number of carbonyl (C=O) groups is 1. The molecule has 0 bridgehead atoms. The van der Waals surface area contributed by atoms with E-state index in [1.807, 2.05) is 0 Å². The first-order valence-electron chi connectivity index (χ1n) is 8.30. The van der Waals surface area contributed by atoms with Crippen molar-refractivity contribution in [2.24, 2.45) is 0 Å². The maximum absolute atomic E-state index is 11.9. The van der Waals surface area contributed by atoms with Crippen LogP contribution in [0.1, 0.15) is 17.3 Å². The van der Waals surface area contributed by atoms with Gasteiger partial charge in [0.05, 0.1) is 17.1 Å². The van der Waals surface area contributed by atoms with E-state index in [2.05, 4.69) is 25.6 Å². The first kappa shape index (κ1) is 18.7. The number of carbonyl (C=O) groups excluding carboxylic acids is 1. The number of hydrogen-bond acceptors (Lipinski definition) is 9. The van der Waals surface area contributed by atoms with Crippen molar-refractivity contribution in [3.63, 3.8) is 0 Å². The van der Waals surface area contributed by atoms with Gasteiger partial charge in [0.25, 0.3) is 0 Å². The van der Waals surface area contributed by atoms with E-state index in [1.165, 1.54) is 12.4 Å². The van der Waals surface area contributed by atoms with Crippen LogP contribution in [-0.2, 0) is 4.74 Å². The summed E-state index contributed by atoms with van der Waals surface area (Å²) in [7, 11) is 0. The SMILES string of the molecule is CCOC(=O)c1cccc(Nc2ncnc(Nc3ccccn3)c2[N+](=O)[O-])c1. The van der Waals surface area contributed by atoms with Crippen molar-refractivity contribution < 1.29 is 14.5 Å². The standard InChI is InChI=1S/C18H16N6O4/c1-2-28-18(25)12-6-5-7-13(10-12)22-16-15(24(26)27)17(21-11-20-16)23-14-8-3-4-9-19-14/h3-11H,2H2,1H3,(H2,19,20,21,22,23). The highest BCUT2D eigenvalue weighted by Crippen LogP contribution is 2.32. The highest BCUT2D eigenvalue weighted by atomic mass is 16.6. The van der Waals surface area contributed by atoms with Gasteiger partial charge in [-0.1, -0.05) is 12.1 Å². The predicted molar refractivity (Wildman–Crippen MR) is 102 cm³/mol. The average Bonchev–Trinajstić information content (AvgIpc) is 2.69. The van der Waals surface area contributed by atoms with Crippen LogP contribution >= 0.6 is 0 Å². The number of nitrogens with one attached hydrogen (secondary N) is 2. The van der Waals surface area contributed by atoms with Crippen molar-refractivity contribution in [1.29, 1.82) is 0 Å². The first-order valence-corrected chi connectivity index (χ1v) is 8.30. The van der Waals surface area contributed by atoms with Gasteiger partial charge in [0, 0.05) is 11.9 Å². The second-order valence-electron chi connectivity index (χ2n) is 5.44. The third kappa shape index (κ3) is 4.36. The number of pyridine rings is 1. The van der Waals surface area contributed by atoms with E-state index in [9.17, 15) is 14.9 Å². The average molecular weight is 380 g/mol. The van der Waals surface area contributed by atoms with Gasteiger partial charge in [-0.2, -0.15) is 0 Å². The Bertz CT molecular complexity index is 996. The topological polar surface area (TPSA) is 132 Å². The van der Waals surface area contributed by atoms with Gasteiger partial charge in [-0.05, 0) is 37.3 Å². The highest BCUT2D eigenvalue weighted by molar-refractivity contribution is 5.91. The van der Waals surface area contributed by atoms with E-state index in [0.29, 0.717) is 17.1 Å². The summed E-state index contributed by atoms with van der Waals surface area (Å²) in [6, 6.07) is 11.5. The van der Waals surface area contributed by atoms with Crippen LogP contribution in [0.25, 0.3) is 0 Å². The van der Waals surface area contributed by atoms with Crippen LogP contribution in [0.2, 0.25) is 0 Å². The van der Waals surface area contributed by atoms with Crippen molar-refractivity contribution in [1.82, 2.24) is 15.0 Å². The van der Waals surface area contributed by atoms with Gasteiger partial charge >= 0.3 is 11.7 Å². The van der Waals surface area contributed by atoms with Gasteiger partial charge in [-0.3, -0.25) is 10.1 Å². The molecular formula is C18H16N6O4. The summed E-state index contributed by atoms with van der Waals surface area (Å²) in [6.07, 6.45) is 2.74. The molecule has 0 aliphatic rings. The van der Waals surface area contributed by atoms with Crippen LogP contribution in [0.15, 0.2) is 55.0 Å². The summed E-state index contributed by atoms with van der Waals surface area (Å²) < 4.78 is 4.96. The third-order valence-corrected chi connectivity index (χ3v) is 3.55. The van der Waals surface area contributed by atoms with Gasteiger partial charge in [-0.15, -0.1) is 0 Å². The van der Waals surface area contributed by atoms with Crippen molar-refractivity contribution >= 4 is 34.8 Å². The number of nitro groups is 1. The van der Waals surface area contributed by atoms with Gasteiger partial charge in [-0.25, -0.2) is 19.7 Å². The zero-order chi connectivity index (χ0) is 19.9. The molecule has 142 valence electrons. The number of esters is 1. The number of benzene rings is 1. The summed E-state index contributed by atoms with van der Waals surface area (Å²) in [4.78, 5) is 34.9. The second-order valence-corrected chi connectivity index (χ2v) is 5.44. The van der Waals surface area contributed by atoms with E-state index < -0.39 is 10.9 Å². The number of rotatable bonds is 7. The van der Waals surface area contributed by atoms with E-state index in [1.54, 1.807) is 49.5 Å². The van der Waals surface area contributed by atoms with E-state index >= 15 is 0 Å². The molecule has 0 saturated carbocycles. The van der Waals surface area contributed by atoms with E-state index in [0.717, 1.165) is 0 Å². The fourth-order valence-electron chi connectivity index (χ4n) is 2.37. The molecule has 0 spiro atoms. The summed E-state index contributed by atoms with van der Waals surface area (Å²) in [5.41, 5.74) is 0.404. The molecule has 0 fully saturated rings. The molecule has 0 amide bonds. The molecule has 10 heteroatoms. The van der Waals surface area contributed by atoms with Crippen molar-refractivity contribution in [2.45, 2.75) is 6.92 Å². The quantitative estimate of drug-likeness (QED) is 0.359. The second kappa shape index (κ2) is 8.54. The largest absolute Gasteiger partial charge is 0.462 e. The number of ether oxygens (including phenoxy) is 1. The molecule has 0 atom stereocenters. The van der Waals surface area contributed by atoms with E-state index in [-0.39, 0.29) is 23.9 Å². The molecule has 2 N–H and O–H groups in total. The van der Waals surface area contributed by atoms with Gasteiger partial charge < -0.3 is 15.4 Å². The normalized spacial score (nSPS) is 10.2. The smallest absolute Gasteiger partial charge is 0.353 e. The third-order valence-electron chi connectivity index (χ3n) is 3.55. The van der Waals surface area contributed by atoms with Crippen LogP contribution < -0.4 is 10.6 Å². The molecule has 0 saturated heterocycles. The van der Waals surface area contributed by atoms with Crippen LogP contribution in [0, 0.1) is 10.1 Å². The zero-order valence-corrected chi connectivity index (χ0v) is 14.8. The first-order chi connectivity index (χ1) is 13.6. The summed E-state index contributed by atoms with van der Waals surface area (Å²) >= 11 is 0. The molecule has 1 aromatic carbocycles. The number of hydrogen-bond donors (Lipinski definition) is 2. The van der Waals surface area contributed by atoms with Crippen molar-refractivity contribution in [3.8, 4) is 0 Å². The monoisotopic (exact) mass is 380 g/mol. The lowest BCUT2D eigenvalue weighted by molar-refractivity contribution is -0.383. The van der Waals surface area contributed by atoms with Crippen molar-refractivity contribution in [2.75, 3.05) is 17.2 Å². The molecule has 0 aliphatic carbocycles. The minimum Gasteiger partial charge on any atom is -0.462 e. The van der Waals surface area contributed by atoms with Gasteiger partial charge in [0.1, 0.15) is 12.1 Å². The summed E-state index contributed by atoms with van der Waals surface area (Å²) in [5.74, 6) is -0.123. The fraction of sp³-hybridized carbons (Fsp3) is 0.111. The maximum Gasteiger partial charge on any atom is 0.353 e. The molecular weight excluding hydrogens is 364 g/mol. The number of nitrogens with zero attached hydrogens (tertiary/aromatic N) is 4. The van der Waals surface area contributed by atoms with Gasteiger partial charge in [0.15, 0.2) is 0 Å². The molecule has 3 aromatic rings. The Morgan fingerprint density at radius 1 is 1.11 bits per heavy atom. The molecule has 0 aliphatic heterocycles. The molecule has 2 aromatic heterocycles. The van der Waals surface area contributed by atoms with Crippen LogP contribution in [0.4, 0.5) is 28.8 Å². The summed E-state index contributed by atoms with van der Waals surface area (Å²) in [5, 5.41) is 17.3. The maximum atomic E-state index is 11.9. The lowest BCUT2D eigenvalue weighted by Gasteiger charge is -2.10. The molecule has 2 heterocycles. The predicted octanol–water partition coefficient (Wildman–Crippen LogP) is 3.44. The van der Waals surface area contributed by atoms with Crippen molar-refractivity contribution in [3.05, 3.63) is 70.7 Å².